The highest BCUT2D eigenvalue weighted by molar-refractivity contribution is 6.50. The van der Waals surface area contributed by atoms with Crippen LogP contribution in [0.15, 0.2) is 0 Å². The lowest BCUT2D eigenvalue weighted by atomic mass is 14.9. The van der Waals surface area contributed by atoms with Gasteiger partial charge in [0.05, 0.1) is 0 Å². The van der Waals surface area contributed by atoms with Crippen LogP contribution in [0.5, 0.6) is 0 Å². The molecule has 0 aliphatic carbocycles. The molecule has 0 atom stereocenters. The van der Waals surface area contributed by atoms with Crippen molar-refractivity contribution >= 4 is 50.0 Å². The molecule has 0 unspecified atom stereocenters. The molecule has 2 rings (SSSR count). The summed E-state index contributed by atoms with van der Waals surface area (Å²) in [5.74, 6) is 0. The Labute approximate surface area is 76.1 Å². The minimum Gasteiger partial charge on any atom is -0.425 e. The maximum absolute atomic E-state index is 4.94. The summed E-state index contributed by atoms with van der Waals surface area (Å²) in [6.07, 6.45) is 0. The van der Waals surface area contributed by atoms with Gasteiger partial charge in [0, 0.05) is 0 Å². The van der Waals surface area contributed by atoms with Crippen molar-refractivity contribution in [3.63, 3.8) is 0 Å². The van der Waals surface area contributed by atoms with Crippen LogP contribution < -0.4 is 0 Å². The summed E-state index contributed by atoms with van der Waals surface area (Å²) in [5, 5.41) is 0. The summed E-state index contributed by atoms with van der Waals surface area (Å²) in [6, 6.07) is 0. The summed E-state index contributed by atoms with van der Waals surface area (Å²) < 4.78 is 28.4. The molecule has 0 radical (unpaired) electrons. The van der Waals surface area contributed by atoms with Crippen LogP contribution in [0.3, 0.4) is 0 Å². The van der Waals surface area contributed by atoms with Gasteiger partial charge in [0.25, 0.3) is 30.0 Å². The van der Waals surface area contributed by atoms with Gasteiger partial charge in [0.15, 0.2) is 0 Å². The number of rotatable bonds is 0. The van der Waals surface area contributed by atoms with Gasteiger partial charge in [-0.15, -0.1) is 0 Å². The smallest absolute Gasteiger partial charge is 0.334 e. The average molecular weight is 247 g/mol. The molecule has 0 N–H and O–H groups in total. The quantitative estimate of drug-likeness (QED) is 0.315. The molecule has 0 aromatic heterocycles. The van der Waals surface area contributed by atoms with Crippen molar-refractivity contribution in [2.45, 2.75) is 0 Å². The highest BCUT2D eigenvalue weighted by Gasteiger charge is 1.98. The van der Waals surface area contributed by atoms with E-state index in [9.17, 15) is 0 Å². The van der Waals surface area contributed by atoms with Crippen molar-refractivity contribution in [1.29, 1.82) is 0 Å². The Morgan fingerprint density at radius 1 is 0.455 bits per heavy atom. The molecule has 0 aromatic carbocycles. The minimum atomic E-state index is -0.617. The molecule has 2 saturated heterocycles. The molecule has 6 nitrogen and oxygen atoms in total. The lowest BCUT2D eigenvalue weighted by Gasteiger charge is -2.10. The van der Waals surface area contributed by atoms with E-state index < -0.39 is 50.0 Å². The van der Waals surface area contributed by atoms with E-state index in [1.54, 1.807) is 0 Å². The zero-order chi connectivity index (χ0) is 7.78. The Bertz CT molecular complexity index is 59.9. The Balaban J connectivity index is 0.000000112. The molecule has 2 heterocycles. The van der Waals surface area contributed by atoms with Crippen LogP contribution in [0.2, 0.25) is 0 Å². The van der Waals surface area contributed by atoms with E-state index >= 15 is 0 Å². The maximum atomic E-state index is 4.94. The Kier molecular flexibility index (Phi) is 6.76. The fraction of sp³-hybridized carbons (Fsp3) is 0. The summed E-state index contributed by atoms with van der Waals surface area (Å²) >= 11 is 0. The topological polar surface area (TPSA) is 55.4 Å². The zero-order valence-corrected chi connectivity index (χ0v) is 13.1. The van der Waals surface area contributed by atoms with Crippen molar-refractivity contribution in [3.8, 4) is 0 Å². The van der Waals surface area contributed by atoms with Crippen LogP contribution in [0.25, 0.3) is 0 Å². The van der Waals surface area contributed by atoms with Gasteiger partial charge >= 0.3 is 20.0 Å². The Morgan fingerprint density at radius 3 is 1.00 bits per heavy atom. The van der Waals surface area contributed by atoms with E-state index in [0.717, 1.165) is 0 Å². The molecule has 0 bridgehead atoms. The third-order valence-electron chi connectivity index (χ3n) is 0.846. The number of hydrogen-bond donors (Lipinski definition) is 0. The molecule has 0 aromatic rings. The van der Waals surface area contributed by atoms with Gasteiger partial charge in [-0.2, -0.15) is 0 Å². The van der Waals surface area contributed by atoms with Crippen LogP contribution in [-0.4, -0.2) is 50.0 Å². The predicted molar refractivity (Wildman–Crippen MR) is 49.2 cm³/mol. The summed E-state index contributed by atoms with van der Waals surface area (Å²) in [7, 11) is -2.71. The summed E-state index contributed by atoms with van der Waals surface area (Å²) in [4.78, 5) is 0. The molecule has 11 heteroatoms. The second-order valence-electron chi connectivity index (χ2n) is 1.64. The SMILES string of the molecule is O1O[SiH2]O[SiH2]1.O1[SiH2]O[SiH2]O[SiH2]1. The summed E-state index contributed by atoms with van der Waals surface area (Å²) in [5.41, 5.74) is 0. The van der Waals surface area contributed by atoms with Crippen LogP contribution in [0, 0.1) is 0 Å². The van der Waals surface area contributed by atoms with Crippen molar-refractivity contribution in [2.75, 3.05) is 0 Å². The van der Waals surface area contributed by atoms with E-state index in [0.29, 0.717) is 0 Å². The largest absolute Gasteiger partial charge is 0.425 e. The first kappa shape index (κ1) is 9.93. The standard InChI is InChI=1S/H6O3Si3.H4O3Si2/c1-4-2-6-3-5-1;1-2-5-3-4-1/h4-6H2;4-5H2. The monoisotopic (exact) mass is 246 g/mol. The molecular formula is H10O6Si5. The molecule has 0 amide bonds. The Morgan fingerprint density at radius 2 is 0.818 bits per heavy atom. The van der Waals surface area contributed by atoms with Gasteiger partial charge in [-0.3, -0.25) is 9.15 Å². The Hall–Kier alpha value is 0.844. The number of hydrogen-bond acceptors (Lipinski definition) is 6. The van der Waals surface area contributed by atoms with Crippen molar-refractivity contribution in [1.82, 2.24) is 0 Å². The molecular weight excluding hydrogens is 236 g/mol. The minimum absolute atomic E-state index is 0.493. The van der Waals surface area contributed by atoms with E-state index in [2.05, 4.69) is 9.15 Å². The zero-order valence-electron chi connectivity index (χ0n) is 5.99. The molecule has 2 aliphatic rings. The first-order valence-corrected chi connectivity index (χ1v) is 8.83. The second kappa shape index (κ2) is 7.49. The first-order chi connectivity index (χ1) is 5.50. The highest BCUT2D eigenvalue weighted by atomic mass is 28.4. The predicted octanol–water partition coefficient (Wildman–Crippen LogP) is -4.99. The van der Waals surface area contributed by atoms with Gasteiger partial charge in [-0.05, 0) is 0 Å². The van der Waals surface area contributed by atoms with Crippen molar-refractivity contribution in [2.24, 2.45) is 0 Å². The normalized spacial score (nSPS) is 34.9. The van der Waals surface area contributed by atoms with Gasteiger partial charge in [0.1, 0.15) is 0 Å². The average Bonchev–Trinajstić information content (AvgIpc) is 2.64. The van der Waals surface area contributed by atoms with Gasteiger partial charge < -0.3 is 16.5 Å². The van der Waals surface area contributed by atoms with E-state index in [-0.39, 0.29) is 0 Å². The lowest BCUT2D eigenvalue weighted by molar-refractivity contribution is -0.0859. The van der Waals surface area contributed by atoms with E-state index in [4.69, 9.17) is 16.5 Å². The molecule has 0 saturated carbocycles. The van der Waals surface area contributed by atoms with Gasteiger partial charge in [0.2, 0.25) is 0 Å². The lowest BCUT2D eigenvalue weighted by Crippen LogP contribution is -2.23. The summed E-state index contributed by atoms with van der Waals surface area (Å²) in [6.45, 7) is 0. The van der Waals surface area contributed by atoms with Crippen LogP contribution >= 0.6 is 0 Å². The fourth-order valence-corrected chi connectivity index (χ4v) is 7.22. The molecule has 66 valence electrons. The fourth-order valence-electron chi connectivity index (χ4n) is 0.449. The molecule has 11 heavy (non-hydrogen) atoms. The molecule has 2 aliphatic heterocycles. The van der Waals surface area contributed by atoms with E-state index in [1.807, 2.05) is 0 Å². The highest BCUT2D eigenvalue weighted by Crippen LogP contribution is 1.82. The molecule has 2 fully saturated rings. The van der Waals surface area contributed by atoms with Gasteiger partial charge in [-0.25, -0.2) is 0 Å². The van der Waals surface area contributed by atoms with Crippen molar-refractivity contribution < 1.29 is 25.6 Å². The maximum Gasteiger partial charge on any atom is 0.334 e. The molecule has 0 spiro atoms. The first-order valence-electron chi connectivity index (χ1n) is 3.05. The second-order valence-corrected chi connectivity index (χ2v) is 9.82. The van der Waals surface area contributed by atoms with Crippen LogP contribution in [-0.2, 0) is 25.6 Å². The third-order valence-corrected chi connectivity index (χ3v) is 7.04. The van der Waals surface area contributed by atoms with Gasteiger partial charge in [-0.1, -0.05) is 0 Å². The van der Waals surface area contributed by atoms with Crippen LogP contribution in [0.1, 0.15) is 0 Å². The third kappa shape index (κ3) is 6.05. The van der Waals surface area contributed by atoms with Crippen LogP contribution in [0.4, 0.5) is 0 Å². The van der Waals surface area contributed by atoms with Crippen molar-refractivity contribution in [3.05, 3.63) is 0 Å². The van der Waals surface area contributed by atoms with E-state index in [1.165, 1.54) is 0 Å².